The summed E-state index contributed by atoms with van der Waals surface area (Å²) in [5, 5.41) is 6.97. The number of halogens is 1. The summed E-state index contributed by atoms with van der Waals surface area (Å²) in [7, 11) is 1.63. The molecule has 0 radical (unpaired) electrons. The molecule has 0 aliphatic carbocycles. The summed E-state index contributed by atoms with van der Waals surface area (Å²) >= 11 is 0. The van der Waals surface area contributed by atoms with Gasteiger partial charge in [0.2, 0.25) is 5.91 Å². The van der Waals surface area contributed by atoms with Crippen molar-refractivity contribution in [2.24, 2.45) is 0 Å². The molecule has 2 aromatic rings. The van der Waals surface area contributed by atoms with Crippen molar-refractivity contribution in [1.29, 1.82) is 0 Å². The number of benzene rings is 1. The average molecular weight is 302 g/mol. The summed E-state index contributed by atoms with van der Waals surface area (Å²) in [6, 6.07) is 8.74. The average Bonchev–Trinajstić information content (AvgIpc) is 2.98. The molecular formula is C16H19FN4O. The molecule has 22 heavy (non-hydrogen) atoms. The predicted octanol–water partition coefficient (Wildman–Crippen LogP) is 1.72. The lowest BCUT2D eigenvalue weighted by atomic mass is 10.1. The number of aromatic nitrogens is 2. The van der Waals surface area contributed by atoms with Gasteiger partial charge in [0.05, 0.1) is 18.2 Å². The Hall–Kier alpha value is -2.21. The van der Waals surface area contributed by atoms with Crippen LogP contribution in [0.2, 0.25) is 0 Å². The van der Waals surface area contributed by atoms with Gasteiger partial charge in [0, 0.05) is 38.4 Å². The quantitative estimate of drug-likeness (QED) is 0.935. The SMILES string of the molecule is CNC(=O)CC1CN(Cc2ccccc2F)Cc2ccnn21. The third-order valence-electron chi connectivity index (χ3n) is 4.00. The summed E-state index contributed by atoms with van der Waals surface area (Å²) in [5.74, 6) is -0.205. The highest BCUT2D eigenvalue weighted by Crippen LogP contribution is 2.24. The second-order valence-electron chi connectivity index (χ2n) is 5.56. The van der Waals surface area contributed by atoms with Crippen molar-refractivity contribution >= 4 is 5.91 Å². The van der Waals surface area contributed by atoms with Crippen LogP contribution in [-0.2, 0) is 17.9 Å². The number of hydrogen-bond donors (Lipinski definition) is 1. The number of nitrogens with zero attached hydrogens (tertiary/aromatic N) is 3. The molecule has 2 heterocycles. The van der Waals surface area contributed by atoms with Crippen LogP contribution in [0.5, 0.6) is 0 Å². The van der Waals surface area contributed by atoms with Crippen LogP contribution in [0.15, 0.2) is 36.5 Å². The highest BCUT2D eigenvalue weighted by atomic mass is 19.1. The molecule has 1 unspecified atom stereocenters. The van der Waals surface area contributed by atoms with E-state index in [4.69, 9.17) is 0 Å². The van der Waals surface area contributed by atoms with Crippen LogP contribution in [-0.4, -0.2) is 34.2 Å². The highest BCUT2D eigenvalue weighted by molar-refractivity contribution is 5.76. The van der Waals surface area contributed by atoms with E-state index in [1.165, 1.54) is 6.07 Å². The van der Waals surface area contributed by atoms with Crippen LogP contribution >= 0.6 is 0 Å². The lowest BCUT2D eigenvalue weighted by molar-refractivity contribution is -0.121. The molecule has 0 fully saturated rings. The maximum absolute atomic E-state index is 13.8. The lowest BCUT2D eigenvalue weighted by Gasteiger charge is -2.33. The molecule has 1 amide bonds. The molecule has 0 saturated carbocycles. The van der Waals surface area contributed by atoms with E-state index in [9.17, 15) is 9.18 Å². The number of fused-ring (bicyclic) bond motifs is 1. The van der Waals surface area contributed by atoms with E-state index >= 15 is 0 Å². The van der Waals surface area contributed by atoms with E-state index in [2.05, 4.69) is 15.3 Å². The Morgan fingerprint density at radius 2 is 2.23 bits per heavy atom. The molecule has 1 aliphatic heterocycles. The smallest absolute Gasteiger partial charge is 0.221 e. The molecule has 1 N–H and O–H groups in total. The van der Waals surface area contributed by atoms with Gasteiger partial charge in [-0.25, -0.2) is 4.39 Å². The monoisotopic (exact) mass is 302 g/mol. The van der Waals surface area contributed by atoms with Crippen molar-refractivity contribution in [2.75, 3.05) is 13.6 Å². The van der Waals surface area contributed by atoms with Gasteiger partial charge in [0.25, 0.3) is 0 Å². The van der Waals surface area contributed by atoms with Crippen molar-refractivity contribution < 1.29 is 9.18 Å². The van der Waals surface area contributed by atoms with Gasteiger partial charge in [-0.2, -0.15) is 5.10 Å². The van der Waals surface area contributed by atoms with E-state index in [1.807, 2.05) is 16.8 Å². The first-order valence-corrected chi connectivity index (χ1v) is 7.36. The van der Waals surface area contributed by atoms with Gasteiger partial charge in [-0.15, -0.1) is 0 Å². The van der Waals surface area contributed by atoms with E-state index in [0.717, 1.165) is 5.69 Å². The molecule has 1 aromatic carbocycles. The van der Waals surface area contributed by atoms with E-state index in [1.54, 1.807) is 25.4 Å². The van der Waals surface area contributed by atoms with Crippen molar-refractivity contribution in [3.05, 3.63) is 53.6 Å². The van der Waals surface area contributed by atoms with Gasteiger partial charge in [-0.3, -0.25) is 14.4 Å². The summed E-state index contributed by atoms with van der Waals surface area (Å²) in [5.41, 5.74) is 1.73. The minimum Gasteiger partial charge on any atom is -0.359 e. The second-order valence-corrected chi connectivity index (χ2v) is 5.56. The lowest BCUT2D eigenvalue weighted by Crippen LogP contribution is -2.39. The molecule has 3 rings (SSSR count). The summed E-state index contributed by atoms with van der Waals surface area (Å²) in [6.45, 7) is 1.91. The molecule has 6 heteroatoms. The highest BCUT2D eigenvalue weighted by Gasteiger charge is 2.27. The van der Waals surface area contributed by atoms with Crippen molar-refractivity contribution in [2.45, 2.75) is 25.6 Å². The van der Waals surface area contributed by atoms with Crippen LogP contribution < -0.4 is 5.32 Å². The number of hydrogen-bond acceptors (Lipinski definition) is 3. The summed E-state index contributed by atoms with van der Waals surface area (Å²) in [6.07, 6.45) is 2.12. The zero-order chi connectivity index (χ0) is 15.5. The molecule has 1 atom stereocenters. The first-order valence-electron chi connectivity index (χ1n) is 7.36. The second kappa shape index (κ2) is 6.27. The Balaban J connectivity index is 1.78. The zero-order valence-corrected chi connectivity index (χ0v) is 12.5. The van der Waals surface area contributed by atoms with Crippen molar-refractivity contribution in [3.63, 3.8) is 0 Å². The van der Waals surface area contributed by atoms with E-state index in [-0.39, 0.29) is 17.8 Å². The van der Waals surface area contributed by atoms with Crippen LogP contribution in [0.1, 0.15) is 23.7 Å². The van der Waals surface area contributed by atoms with Crippen LogP contribution in [0.4, 0.5) is 4.39 Å². The number of amides is 1. The Labute approximate surface area is 128 Å². The largest absolute Gasteiger partial charge is 0.359 e. The molecule has 1 aliphatic rings. The molecule has 0 spiro atoms. The normalized spacial score (nSPS) is 18.0. The minimum absolute atomic E-state index is 0.0146. The molecular weight excluding hydrogens is 283 g/mol. The molecule has 116 valence electrons. The summed E-state index contributed by atoms with van der Waals surface area (Å²) < 4.78 is 15.7. The zero-order valence-electron chi connectivity index (χ0n) is 12.5. The topological polar surface area (TPSA) is 50.2 Å². The van der Waals surface area contributed by atoms with Crippen molar-refractivity contribution in [3.8, 4) is 0 Å². The number of rotatable bonds is 4. The third kappa shape index (κ3) is 3.01. The van der Waals surface area contributed by atoms with Gasteiger partial charge in [-0.05, 0) is 12.1 Å². The Bertz CT molecular complexity index is 670. The van der Waals surface area contributed by atoms with E-state index < -0.39 is 0 Å². The summed E-state index contributed by atoms with van der Waals surface area (Å²) in [4.78, 5) is 13.9. The number of carbonyl (C=O) groups excluding carboxylic acids is 1. The Morgan fingerprint density at radius 3 is 3.00 bits per heavy atom. The first kappa shape index (κ1) is 14.7. The van der Waals surface area contributed by atoms with Crippen LogP contribution in [0, 0.1) is 5.82 Å². The fraction of sp³-hybridized carbons (Fsp3) is 0.375. The van der Waals surface area contributed by atoms with Gasteiger partial charge < -0.3 is 5.32 Å². The fourth-order valence-electron chi connectivity index (χ4n) is 2.92. The molecule has 5 nitrogen and oxygen atoms in total. The maximum Gasteiger partial charge on any atom is 0.221 e. The minimum atomic E-state index is -0.190. The third-order valence-corrected chi connectivity index (χ3v) is 4.00. The Kier molecular flexibility index (Phi) is 4.20. The van der Waals surface area contributed by atoms with Gasteiger partial charge in [0.15, 0.2) is 0 Å². The Morgan fingerprint density at radius 1 is 1.41 bits per heavy atom. The molecule has 0 bridgehead atoms. The number of carbonyl (C=O) groups is 1. The number of nitrogens with one attached hydrogen (secondary N) is 1. The van der Waals surface area contributed by atoms with Crippen LogP contribution in [0.25, 0.3) is 0 Å². The van der Waals surface area contributed by atoms with Crippen molar-refractivity contribution in [1.82, 2.24) is 20.0 Å². The van der Waals surface area contributed by atoms with Gasteiger partial charge in [-0.1, -0.05) is 18.2 Å². The van der Waals surface area contributed by atoms with E-state index in [0.29, 0.717) is 31.6 Å². The first-order chi connectivity index (χ1) is 10.7. The van der Waals surface area contributed by atoms with Gasteiger partial charge in [0.1, 0.15) is 5.82 Å². The molecule has 0 saturated heterocycles. The fourth-order valence-corrected chi connectivity index (χ4v) is 2.92. The standard InChI is InChI=1S/C16H19FN4O/c1-18-16(22)8-14-11-20(10-13-6-7-19-21(13)14)9-12-4-2-3-5-15(12)17/h2-7,14H,8-11H2,1H3,(H,18,22). The van der Waals surface area contributed by atoms with Crippen LogP contribution in [0.3, 0.4) is 0 Å². The molecule has 1 aromatic heterocycles. The maximum atomic E-state index is 13.8. The predicted molar refractivity (Wildman–Crippen MR) is 80.5 cm³/mol. The van der Waals surface area contributed by atoms with Gasteiger partial charge >= 0.3 is 0 Å².